The maximum atomic E-state index is 12.8. The molecule has 3 aromatic rings. The van der Waals surface area contributed by atoms with Crippen molar-refractivity contribution >= 4 is 18.2 Å². The van der Waals surface area contributed by atoms with E-state index in [1.54, 1.807) is 0 Å². The van der Waals surface area contributed by atoms with Crippen LogP contribution >= 0.6 is 0 Å². The van der Waals surface area contributed by atoms with Crippen molar-refractivity contribution in [3.8, 4) is 0 Å². The first-order valence-corrected chi connectivity index (χ1v) is 12.2. The van der Waals surface area contributed by atoms with Gasteiger partial charge in [0, 0.05) is 6.92 Å². The summed E-state index contributed by atoms with van der Waals surface area (Å²) in [5.74, 6) is -0.516. The third-order valence-electron chi connectivity index (χ3n) is 6.08. The quantitative estimate of drug-likeness (QED) is 0.336. The molecule has 192 valence electrons. The molecule has 37 heavy (non-hydrogen) atoms. The molecular weight excluding hydrogens is 472 g/mol. The molecule has 4 rings (SSSR count). The van der Waals surface area contributed by atoms with Crippen LogP contribution in [0, 0.1) is 0 Å². The lowest BCUT2D eigenvalue weighted by molar-refractivity contribution is -0.159. The molecule has 2 N–H and O–H groups in total. The van der Waals surface area contributed by atoms with Crippen LogP contribution in [0.25, 0.3) is 0 Å². The predicted molar refractivity (Wildman–Crippen MR) is 137 cm³/mol. The molecule has 0 saturated carbocycles. The Labute approximate surface area is 215 Å². The van der Waals surface area contributed by atoms with Crippen molar-refractivity contribution in [1.29, 1.82) is 0 Å². The lowest BCUT2D eigenvalue weighted by atomic mass is 9.90. The van der Waals surface area contributed by atoms with E-state index < -0.39 is 42.4 Å². The predicted octanol–water partition coefficient (Wildman–Crippen LogP) is 4.18. The number of cyclic esters (lactones) is 1. The Balaban J connectivity index is 1.58. The molecule has 1 saturated heterocycles. The van der Waals surface area contributed by atoms with Gasteiger partial charge in [-0.05, 0) is 29.5 Å². The lowest BCUT2D eigenvalue weighted by Gasteiger charge is -2.41. The van der Waals surface area contributed by atoms with Crippen molar-refractivity contribution in [2.45, 2.75) is 50.7 Å². The highest BCUT2D eigenvalue weighted by molar-refractivity contribution is 5.71. The number of esters is 1. The van der Waals surface area contributed by atoms with Crippen LogP contribution in [0.15, 0.2) is 91.0 Å². The van der Waals surface area contributed by atoms with Gasteiger partial charge in [-0.3, -0.25) is 4.79 Å². The van der Waals surface area contributed by atoms with Gasteiger partial charge in [-0.2, -0.15) is 0 Å². The number of alkyl carbamates (subject to hydrolysis) is 2. The third kappa shape index (κ3) is 7.57. The number of ether oxygens (including phenoxy) is 3. The summed E-state index contributed by atoms with van der Waals surface area (Å²) in [5, 5.41) is 5.64. The molecule has 1 fully saturated rings. The van der Waals surface area contributed by atoms with Gasteiger partial charge >= 0.3 is 18.2 Å². The first kappa shape index (κ1) is 25.8. The number of nitrogens with one attached hydrogen (secondary N) is 2. The summed E-state index contributed by atoms with van der Waals surface area (Å²) in [5.41, 5.74) is 2.71. The summed E-state index contributed by atoms with van der Waals surface area (Å²) >= 11 is 0. The molecule has 0 bridgehead atoms. The van der Waals surface area contributed by atoms with Gasteiger partial charge in [-0.25, -0.2) is 9.59 Å². The highest BCUT2D eigenvalue weighted by atomic mass is 16.6. The Morgan fingerprint density at radius 3 is 2.05 bits per heavy atom. The molecule has 2 amide bonds. The molecule has 8 nitrogen and oxygen atoms in total. The van der Waals surface area contributed by atoms with E-state index >= 15 is 0 Å². The van der Waals surface area contributed by atoms with Crippen LogP contribution < -0.4 is 10.6 Å². The van der Waals surface area contributed by atoms with E-state index in [1.165, 1.54) is 6.92 Å². The zero-order valence-corrected chi connectivity index (χ0v) is 20.5. The minimum Gasteiger partial charge on any atom is -0.456 e. The Kier molecular flexibility index (Phi) is 8.75. The van der Waals surface area contributed by atoms with Crippen LogP contribution in [0.4, 0.5) is 9.59 Å². The van der Waals surface area contributed by atoms with Crippen molar-refractivity contribution in [1.82, 2.24) is 10.6 Å². The van der Waals surface area contributed by atoms with Crippen molar-refractivity contribution in [3.63, 3.8) is 0 Å². The molecule has 0 spiro atoms. The standard InChI is InChI=1S/C29H30N2O6/c1-20(32)36-26-24(17-21-11-5-2-6-12-21)31-29(34)37-27(26)25(18-22-13-7-3-8-14-22)30-28(33)35-19-23-15-9-4-10-16-23/h2-16,24-27H,17-19H2,1H3,(H,30,33)(H,31,34)/t24-,25-,26+,27-/m0/s1. The van der Waals surface area contributed by atoms with Gasteiger partial charge in [0.05, 0.1) is 12.1 Å². The Bertz CT molecular complexity index is 1170. The van der Waals surface area contributed by atoms with Crippen molar-refractivity contribution in [3.05, 3.63) is 108 Å². The smallest absolute Gasteiger partial charge is 0.407 e. The topological polar surface area (TPSA) is 103 Å². The summed E-state index contributed by atoms with van der Waals surface area (Å²) < 4.78 is 16.8. The highest BCUT2D eigenvalue weighted by Crippen LogP contribution is 2.24. The molecule has 0 unspecified atom stereocenters. The summed E-state index contributed by atoms with van der Waals surface area (Å²) in [7, 11) is 0. The molecular formula is C29H30N2O6. The first-order chi connectivity index (χ1) is 18.0. The fourth-order valence-electron chi connectivity index (χ4n) is 4.41. The van der Waals surface area contributed by atoms with Crippen LogP contribution in [0.3, 0.4) is 0 Å². The number of carbonyl (C=O) groups is 3. The molecule has 4 atom stereocenters. The fraction of sp³-hybridized carbons (Fsp3) is 0.276. The monoisotopic (exact) mass is 502 g/mol. The molecule has 0 radical (unpaired) electrons. The van der Waals surface area contributed by atoms with Crippen molar-refractivity contribution in [2.24, 2.45) is 0 Å². The zero-order valence-electron chi connectivity index (χ0n) is 20.5. The van der Waals surface area contributed by atoms with Crippen LogP contribution in [0.1, 0.15) is 23.6 Å². The van der Waals surface area contributed by atoms with E-state index in [9.17, 15) is 14.4 Å². The molecule has 1 aliphatic heterocycles. The van der Waals surface area contributed by atoms with E-state index in [0.29, 0.717) is 12.8 Å². The largest absolute Gasteiger partial charge is 0.456 e. The summed E-state index contributed by atoms with van der Waals surface area (Å²) in [6, 6.07) is 27.1. The number of carbonyl (C=O) groups excluding carboxylic acids is 3. The molecule has 1 aliphatic rings. The number of amides is 2. The van der Waals surface area contributed by atoms with E-state index in [1.807, 2.05) is 91.0 Å². The first-order valence-electron chi connectivity index (χ1n) is 12.2. The minimum atomic E-state index is -0.948. The van der Waals surface area contributed by atoms with E-state index in [4.69, 9.17) is 14.2 Å². The SMILES string of the molecule is CC(=O)O[C@H]1[C@H]([C@H](Cc2ccccc2)NC(=O)OCc2ccccc2)OC(=O)N[C@H]1Cc1ccccc1. The van der Waals surface area contributed by atoms with E-state index in [2.05, 4.69) is 10.6 Å². The van der Waals surface area contributed by atoms with Crippen LogP contribution in [-0.2, 0) is 38.5 Å². The van der Waals surface area contributed by atoms with Crippen LogP contribution in [0.2, 0.25) is 0 Å². The maximum Gasteiger partial charge on any atom is 0.407 e. The molecule has 0 aromatic heterocycles. The number of hydrogen-bond donors (Lipinski definition) is 2. The average Bonchev–Trinajstić information content (AvgIpc) is 2.90. The second-order valence-electron chi connectivity index (χ2n) is 8.89. The minimum absolute atomic E-state index is 0.0841. The summed E-state index contributed by atoms with van der Waals surface area (Å²) in [4.78, 5) is 37.6. The Morgan fingerprint density at radius 2 is 1.46 bits per heavy atom. The fourth-order valence-corrected chi connectivity index (χ4v) is 4.41. The normalized spacial score (nSPS) is 19.6. The summed E-state index contributed by atoms with van der Waals surface area (Å²) in [6.07, 6.45) is -2.36. The van der Waals surface area contributed by atoms with Gasteiger partial charge in [0.1, 0.15) is 6.61 Å². The van der Waals surface area contributed by atoms with Crippen LogP contribution in [-0.4, -0.2) is 42.4 Å². The van der Waals surface area contributed by atoms with E-state index in [-0.39, 0.29) is 6.61 Å². The number of rotatable bonds is 9. The molecule has 8 heteroatoms. The van der Waals surface area contributed by atoms with Gasteiger partial charge in [-0.15, -0.1) is 0 Å². The Morgan fingerprint density at radius 1 is 0.892 bits per heavy atom. The van der Waals surface area contributed by atoms with E-state index in [0.717, 1.165) is 16.7 Å². The van der Waals surface area contributed by atoms with Crippen molar-refractivity contribution < 1.29 is 28.6 Å². The van der Waals surface area contributed by atoms with Gasteiger partial charge in [0.15, 0.2) is 12.2 Å². The van der Waals surface area contributed by atoms with Gasteiger partial charge in [0.2, 0.25) is 0 Å². The third-order valence-corrected chi connectivity index (χ3v) is 6.08. The van der Waals surface area contributed by atoms with Gasteiger partial charge < -0.3 is 24.8 Å². The zero-order chi connectivity index (χ0) is 26.0. The maximum absolute atomic E-state index is 12.8. The second kappa shape index (κ2) is 12.6. The van der Waals surface area contributed by atoms with Crippen molar-refractivity contribution in [2.75, 3.05) is 0 Å². The number of benzene rings is 3. The average molecular weight is 503 g/mol. The van der Waals surface area contributed by atoms with Gasteiger partial charge in [0.25, 0.3) is 0 Å². The number of hydrogen-bond acceptors (Lipinski definition) is 6. The molecule has 1 heterocycles. The Hall–Kier alpha value is -4.33. The molecule has 3 aromatic carbocycles. The molecule has 0 aliphatic carbocycles. The highest BCUT2D eigenvalue weighted by Gasteiger charge is 2.45. The lowest BCUT2D eigenvalue weighted by Crippen LogP contribution is -2.64. The van der Waals surface area contributed by atoms with Gasteiger partial charge in [-0.1, -0.05) is 91.0 Å². The second-order valence-corrected chi connectivity index (χ2v) is 8.89. The van der Waals surface area contributed by atoms with Crippen LogP contribution in [0.5, 0.6) is 0 Å². The summed E-state index contributed by atoms with van der Waals surface area (Å²) in [6.45, 7) is 1.39.